The van der Waals surface area contributed by atoms with E-state index in [9.17, 15) is 9.90 Å². The summed E-state index contributed by atoms with van der Waals surface area (Å²) in [7, 11) is 3.98. The molecule has 1 N–H and O–H groups in total. The van der Waals surface area contributed by atoms with Crippen molar-refractivity contribution in [2.45, 2.75) is 25.0 Å². The van der Waals surface area contributed by atoms with Crippen molar-refractivity contribution >= 4 is 21.8 Å². The second-order valence-corrected chi connectivity index (χ2v) is 6.57. The number of carbonyl (C=O) groups is 1. The molecule has 0 spiro atoms. The van der Waals surface area contributed by atoms with Gasteiger partial charge in [0.2, 0.25) is 5.91 Å². The van der Waals surface area contributed by atoms with E-state index in [2.05, 4.69) is 20.8 Å². The first kappa shape index (κ1) is 15.5. The second kappa shape index (κ2) is 6.70. The van der Waals surface area contributed by atoms with Crippen LogP contribution in [0.25, 0.3) is 0 Å². The van der Waals surface area contributed by atoms with Crippen LogP contribution in [0.5, 0.6) is 0 Å². The zero-order valence-corrected chi connectivity index (χ0v) is 13.5. The largest absolute Gasteiger partial charge is 0.391 e. The fourth-order valence-electron chi connectivity index (χ4n) is 2.72. The molecule has 5 heteroatoms. The molecule has 1 aliphatic rings. The maximum Gasteiger partial charge on any atom is 0.227 e. The van der Waals surface area contributed by atoms with Crippen molar-refractivity contribution in [2.24, 2.45) is 0 Å². The van der Waals surface area contributed by atoms with Crippen LogP contribution in [0.15, 0.2) is 28.7 Å². The molecule has 1 fully saturated rings. The fraction of sp³-hybridized carbons (Fsp3) is 0.533. The van der Waals surface area contributed by atoms with E-state index in [4.69, 9.17) is 0 Å². The molecule has 0 radical (unpaired) electrons. The van der Waals surface area contributed by atoms with E-state index in [0.717, 1.165) is 16.6 Å². The van der Waals surface area contributed by atoms with Crippen LogP contribution in [-0.4, -0.2) is 60.1 Å². The molecule has 4 nitrogen and oxygen atoms in total. The van der Waals surface area contributed by atoms with Gasteiger partial charge in [-0.25, -0.2) is 0 Å². The van der Waals surface area contributed by atoms with Gasteiger partial charge in [0.15, 0.2) is 0 Å². The Hall–Kier alpha value is -0.910. The third kappa shape index (κ3) is 4.04. The number of hydrogen-bond donors (Lipinski definition) is 1. The first-order valence-electron chi connectivity index (χ1n) is 6.82. The normalized spacial score (nSPS) is 22.6. The van der Waals surface area contributed by atoms with Gasteiger partial charge in [0.05, 0.1) is 12.5 Å². The highest BCUT2D eigenvalue weighted by atomic mass is 79.9. The molecular weight excluding hydrogens is 320 g/mol. The van der Waals surface area contributed by atoms with Gasteiger partial charge >= 0.3 is 0 Å². The van der Waals surface area contributed by atoms with Crippen molar-refractivity contribution in [1.29, 1.82) is 0 Å². The third-order valence-electron chi connectivity index (χ3n) is 3.53. The standard InChI is InChI=1S/C15H21BrN2O2/c1-17(2)9-13-8-14(19)10-18(13)15(20)7-11-4-3-5-12(16)6-11/h3-6,13-14,19H,7-10H2,1-2H3. The van der Waals surface area contributed by atoms with Crippen LogP contribution in [0.2, 0.25) is 0 Å². The molecule has 1 saturated heterocycles. The minimum Gasteiger partial charge on any atom is -0.391 e. The lowest BCUT2D eigenvalue weighted by atomic mass is 10.1. The van der Waals surface area contributed by atoms with Crippen LogP contribution in [-0.2, 0) is 11.2 Å². The number of benzene rings is 1. The van der Waals surface area contributed by atoms with Crippen LogP contribution in [0.3, 0.4) is 0 Å². The van der Waals surface area contributed by atoms with E-state index >= 15 is 0 Å². The summed E-state index contributed by atoms with van der Waals surface area (Å²) in [4.78, 5) is 16.3. The summed E-state index contributed by atoms with van der Waals surface area (Å²) >= 11 is 3.42. The molecule has 1 heterocycles. The predicted molar refractivity (Wildman–Crippen MR) is 82.5 cm³/mol. The van der Waals surface area contributed by atoms with Gasteiger partial charge in [-0.1, -0.05) is 28.1 Å². The lowest BCUT2D eigenvalue weighted by Gasteiger charge is -2.27. The molecule has 1 amide bonds. The van der Waals surface area contributed by atoms with Crippen molar-refractivity contribution in [2.75, 3.05) is 27.2 Å². The summed E-state index contributed by atoms with van der Waals surface area (Å²) in [5, 5.41) is 9.82. The maximum absolute atomic E-state index is 12.4. The van der Waals surface area contributed by atoms with E-state index < -0.39 is 6.10 Å². The van der Waals surface area contributed by atoms with Gasteiger partial charge in [-0.05, 0) is 38.2 Å². The summed E-state index contributed by atoms with van der Waals surface area (Å²) < 4.78 is 0.981. The molecule has 2 unspecified atom stereocenters. The third-order valence-corrected chi connectivity index (χ3v) is 4.03. The van der Waals surface area contributed by atoms with Gasteiger partial charge in [-0.15, -0.1) is 0 Å². The van der Waals surface area contributed by atoms with Crippen molar-refractivity contribution in [3.63, 3.8) is 0 Å². The number of likely N-dealkylation sites (tertiary alicyclic amines) is 1. The molecule has 0 aromatic heterocycles. The summed E-state index contributed by atoms with van der Waals surface area (Å²) in [5.74, 6) is 0.0894. The van der Waals surface area contributed by atoms with Gasteiger partial charge in [0.1, 0.15) is 0 Å². The molecule has 0 saturated carbocycles. The molecule has 0 aliphatic carbocycles. The molecule has 1 aliphatic heterocycles. The molecule has 1 aromatic rings. The number of nitrogens with zero attached hydrogens (tertiary/aromatic N) is 2. The number of rotatable bonds is 4. The van der Waals surface area contributed by atoms with Gasteiger partial charge in [-0.3, -0.25) is 4.79 Å². The molecule has 2 rings (SSSR count). The summed E-state index contributed by atoms with van der Waals surface area (Å²) in [6, 6.07) is 7.91. The molecule has 0 bridgehead atoms. The molecule has 20 heavy (non-hydrogen) atoms. The Bertz CT molecular complexity index is 479. The first-order chi connectivity index (χ1) is 9.45. The Morgan fingerprint density at radius 3 is 2.90 bits per heavy atom. The number of carbonyl (C=O) groups excluding carboxylic acids is 1. The minimum atomic E-state index is -0.397. The van der Waals surface area contributed by atoms with Crippen LogP contribution < -0.4 is 0 Å². The topological polar surface area (TPSA) is 43.8 Å². The average Bonchev–Trinajstić information content (AvgIpc) is 2.69. The molecule has 1 aromatic carbocycles. The van der Waals surface area contributed by atoms with Crippen molar-refractivity contribution in [3.8, 4) is 0 Å². The number of aliphatic hydroxyl groups excluding tert-OH is 1. The lowest BCUT2D eigenvalue weighted by Crippen LogP contribution is -2.42. The predicted octanol–water partition coefficient (Wildman–Crippen LogP) is 1.52. The van der Waals surface area contributed by atoms with Crippen LogP contribution in [0.1, 0.15) is 12.0 Å². The van der Waals surface area contributed by atoms with Crippen LogP contribution >= 0.6 is 15.9 Å². The fourth-order valence-corrected chi connectivity index (χ4v) is 3.16. The van der Waals surface area contributed by atoms with E-state index in [-0.39, 0.29) is 11.9 Å². The lowest BCUT2D eigenvalue weighted by molar-refractivity contribution is -0.131. The van der Waals surface area contributed by atoms with Crippen LogP contribution in [0.4, 0.5) is 0 Å². The Morgan fingerprint density at radius 1 is 1.50 bits per heavy atom. The van der Waals surface area contributed by atoms with Gasteiger partial charge < -0.3 is 14.9 Å². The quantitative estimate of drug-likeness (QED) is 0.903. The highest BCUT2D eigenvalue weighted by Crippen LogP contribution is 2.20. The zero-order valence-electron chi connectivity index (χ0n) is 11.9. The van der Waals surface area contributed by atoms with E-state index in [1.165, 1.54) is 0 Å². The Morgan fingerprint density at radius 2 is 2.25 bits per heavy atom. The first-order valence-corrected chi connectivity index (χ1v) is 7.61. The second-order valence-electron chi connectivity index (χ2n) is 5.66. The minimum absolute atomic E-state index is 0.0894. The van der Waals surface area contributed by atoms with Crippen molar-refractivity contribution < 1.29 is 9.90 Å². The number of β-amino-alcohol motifs (C(OH)–C–C–N with tert-alkyl or cyclic N) is 1. The Kier molecular flexibility index (Phi) is 5.18. The highest BCUT2D eigenvalue weighted by molar-refractivity contribution is 9.10. The average molecular weight is 341 g/mol. The van der Waals surface area contributed by atoms with Gasteiger partial charge in [0, 0.05) is 23.6 Å². The maximum atomic E-state index is 12.4. The van der Waals surface area contributed by atoms with Crippen molar-refractivity contribution in [1.82, 2.24) is 9.80 Å². The highest BCUT2D eigenvalue weighted by Gasteiger charge is 2.34. The molecule has 110 valence electrons. The number of hydrogen-bond acceptors (Lipinski definition) is 3. The number of amides is 1. The SMILES string of the molecule is CN(C)CC1CC(O)CN1C(=O)Cc1cccc(Br)c1. The summed E-state index contributed by atoms with van der Waals surface area (Å²) in [5.41, 5.74) is 0.995. The zero-order chi connectivity index (χ0) is 14.7. The molecular formula is C15H21BrN2O2. The summed E-state index contributed by atoms with van der Waals surface area (Å²) in [6.07, 6.45) is 0.657. The van der Waals surface area contributed by atoms with Gasteiger partial charge in [-0.2, -0.15) is 0 Å². The van der Waals surface area contributed by atoms with Crippen molar-refractivity contribution in [3.05, 3.63) is 34.3 Å². The van der Waals surface area contributed by atoms with Crippen LogP contribution in [0, 0.1) is 0 Å². The van der Waals surface area contributed by atoms with E-state index in [1.54, 1.807) is 0 Å². The Balaban J connectivity index is 2.03. The molecule has 2 atom stereocenters. The number of halogens is 1. The van der Waals surface area contributed by atoms with E-state index in [0.29, 0.717) is 19.4 Å². The number of likely N-dealkylation sites (N-methyl/N-ethyl adjacent to an activating group) is 1. The number of aliphatic hydroxyl groups is 1. The monoisotopic (exact) mass is 340 g/mol. The van der Waals surface area contributed by atoms with Gasteiger partial charge in [0.25, 0.3) is 0 Å². The summed E-state index contributed by atoms with van der Waals surface area (Å²) in [6.45, 7) is 1.24. The Labute approximate surface area is 128 Å². The van der Waals surface area contributed by atoms with E-state index in [1.807, 2.05) is 43.3 Å². The smallest absolute Gasteiger partial charge is 0.227 e.